The van der Waals surface area contributed by atoms with Crippen LogP contribution in [-0.4, -0.2) is 35.7 Å². The molecule has 1 aliphatic rings. The van der Waals surface area contributed by atoms with Crippen molar-refractivity contribution in [3.05, 3.63) is 35.9 Å². The van der Waals surface area contributed by atoms with Gasteiger partial charge in [-0.15, -0.1) is 0 Å². The molecule has 1 amide bonds. The molecule has 0 spiro atoms. The average Bonchev–Trinajstić information content (AvgIpc) is 2.46. The summed E-state index contributed by atoms with van der Waals surface area (Å²) < 4.78 is 5.57. The predicted molar refractivity (Wildman–Crippen MR) is 88.7 cm³/mol. The number of benzene rings is 1. The molecule has 22 heavy (non-hydrogen) atoms. The average molecular weight is 304 g/mol. The van der Waals surface area contributed by atoms with Gasteiger partial charge in [0.2, 0.25) is 0 Å². The van der Waals surface area contributed by atoms with Gasteiger partial charge in [0.25, 0.3) is 0 Å². The Balaban J connectivity index is 2.10. The monoisotopic (exact) mass is 304 g/mol. The second kappa shape index (κ2) is 7.14. The number of likely N-dealkylation sites (tertiary alicyclic amines) is 1. The van der Waals surface area contributed by atoms with Crippen LogP contribution in [0.4, 0.5) is 4.79 Å². The normalized spacial score (nSPS) is 22.5. The Labute approximate surface area is 133 Å². The Morgan fingerprint density at radius 3 is 2.59 bits per heavy atom. The number of carbonyl (C=O) groups excluding carboxylic acids is 1. The van der Waals surface area contributed by atoms with Crippen molar-refractivity contribution < 1.29 is 9.53 Å². The van der Waals surface area contributed by atoms with Crippen molar-refractivity contribution in [1.82, 2.24) is 4.90 Å². The Bertz CT molecular complexity index is 482. The summed E-state index contributed by atoms with van der Waals surface area (Å²) in [5, 5.41) is 0. The van der Waals surface area contributed by atoms with Gasteiger partial charge in [-0.1, -0.05) is 30.3 Å². The maximum Gasteiger partial charge on any atom is 0.410 e. The molecular formula is C18H28N2O2. The molecule has 0 bridgehead atoms. The fourth-order valence-electron chi connectivity index (χ4n) is 2.99. The van der Waals surface area contributed by atoms with Crippen molar-refractivity contribution in [3.8, 4) is 0 Å². The topological polar surface area (TPSA) is 55.6 Å². The molecule has 2 atom stereocenters. The molecule has 1 saturated heterocycles. The first kappa shape index (κ1) is 16.8. The van der Waals surface area contributed by atoms with E-state index in [1.807, 2.05) is 43.9 Å². The van der Waals surface area contributed by atoms with Gasteiger partial charge in [-0.05, 0) is 58.1 Å². The molecule has 1 aliphatic heterocycles. The minimum atomic E-state index is -0.459. The van der Waals surface area contributed by atoms with Crippen molar-refractivity contribution in [1.29, 1.82) is 0 Å². The quantitative estimate of drug-likeness (QED) is 0.933. The summed E-state index contributed by atoms with van der Waals surface area (Å²) in [6.45, 7) is 7.14. The predicted octanol–water partition coefficient (Wildman–Crippen LogP) is 3.20. The molecule has 1 aromatic carbocycles. The zero-order valence-corrected chi connectivity index (χ0v) is 13.9. The Hall–Kier alpha value is -1.55. The summed E-state index contributed by atoms with van der Waals surface area (Å²) in [6.07, 6.45) is 2.56. The molecule has 0 saturated carbocycles. The summed E-state index contributed by atoms with van der Waals surface area (Å²) in [5.74, 6) is 0.493. The Morgan fingerprint density at radius 2 is 2.00 bits per heavy atom. The van der Waals surface area contributed by atoms with E-state index in [9.17, 15) is 4.79 Å². The van der Waals surface area contributed by atoms with Gasteiger partial charge in [-0.25, -0.2) is 4.79 Å². The van der Waals surface area contributed by atoms with Crippen LogP contribution in [-0.2, 0) is 11.2 Å². The molecular weight excluding hydrogens is 276 g/mol. The molecule has 0 aromatic heterocycles. The first-order chi connectivity index (χ1) is 10.4. The molecule has 2 unspecified atom stereocenters. The number of nitrogens with zero attached hydrogens (tertiary/aromatic N) is 1. The molecule has 1 aromatic rings. The third-order valence-electron chi connectivity index (χ3n) is 4.10. The van der Waals surface area contributed by atoms with Gasteiger partial charge in [0.1, 0.15) is 5.60 Å². The van der Waals surface area contributed by atoms with Crippen LogP contribution in [0.1, 0.15) is 39.2 Å². The van der Waals surface area contributed by atoms with Crippen LogP contribution in [0.25, 0.3) is 0 Å². The van der Waals surface area contributed by atoms with Crippen molar-refractivity contribution in [3.63, 3.8) is 0 Å². The third kappa shape index (κ3) is 4.73. The highest BCUT2D eigenvalue weighted by atomic mass is 16.6. The van der Waals surface area contributed by atoms with E-state index in [1.165, 1.54) is 5.56 Å². The number of piperidine rings is 1. The lowest BCUT2D eigenvalue weighted by Gasteiger charge is -2.40. The number of ether oxygens (including phenoxy) is 1. The standard InChI is InChI=1S/C18H28N2O2/c1-18(2,3)22-17(21)20-10-9-15(13-19)12-16(20)11-14-7-5-4-6-8-14/h4-8,15-16H,9-13,19H2,1-3H3. The van der Waals surface area contributed by atoms with E-state index in [-0.39, 0.29) is 12.1 Å². The van der Waals surface area contributed by atoms with E-state index in [0.29, 0.717) is 12.5 Å². The Morgan fingerprint density at radius 1 is 1.32 bits per heavy atom. The highest BCUT2D eigenvalue weighted by molar-refractivity contribution is 5.68. The van der Waals surface area contributed by atoms with E-state index >= 15 is 0 Å². The van der Waals surface area contributed by atoms with Crippen LogP contribution >= 0.6 is 0 Å². The highest BCUT2D eigenvalue weighted by Gasteiger charge is 2.33. The van der Waals surface area contributed by atoms with Gasteiger partial charge in [0, 0.05) is 12.6 Å². The summed E-state index contributed by atoms with van der Waals surface area (Å²) in [4.78, 5) is 14.4. The molecule has 0 radical (unpaired) electrons. The number of rotatable bonds is 3. The maximum atomic E-state index is 12.5. The minimum absolute atomic E-state index is 0.166. The summed E-state index contributed by atoms with van der Waals surface area (Å²) >= 11 is 0. The SMILES string of the molecule is CC(C)(C)OC(=O)N1CCC(CN)CC1Cc1ccccc1. The number of hydrogen-bond donors (Lipinski definition) is 1. The minimum Gasteiger partial charge on any atom is -0.444 e. The largest absolute Gasteiger partial charge is 0.444 e. The zero-order chi connectivity index (χ0) is 16.2. The molecule has 2 rings (SSSR count). The lowest BCUT2D eigenvalue weighted by atomic mass is 9.88. The molecule has 4 heteroatoms. The van der Waals surface area contributed by atoms with E-state index in [2.05, 4.69) is 12.1 Å². The van der Waals surface area contributed by atoms with Gasteiger partial charge in [0.15, 0.2) is 0 Å². The summed E-state index contributed by atoms with van der Waals surface area (Å²) in [7, 11) is 0. The van der Waals surface area contributed by atoms with E-state index in [1.54, 1.807) is 0 Å². The van der Waals surface area contributed by atoms with Crippen LogP contribution in [0.5, 0.6) is 0 Å². The van der Waals surface area contributed by atoms with Gasteiger partial charge in [0.05, 0.1) is 0 Å². The third-order valence-corrected chi connectivity index (χ3v) is 4.10. The smallest absolute Gasteiger partial charge is 0.410 e. The highest BCUT2D eigenvalue weighted by Crippen LogP contribution is 2.26. The van der Waals surface area contributed by atoms with Gasteiger partial charge < -0.3 is 15.4 Å². The first-order valence-corrected chi connectivity index (χ1v) is 8.12. The number of amides is 1. The molecule has 0 aliphatic carbocycles. The number of hydrogen-bond acceptors (Lipinski definition) is 3. The van der Waals surface area contributed by atoms with Crippen molar-refractivity contribution in [2.24, 2.45) is 11.7 Å². The van der Waals surface area contributed by atoms with Crippen molar-refractivity contribution in [2.75, 3.05) is 13.1 Å². The van der Waals surface area contributed by atoms with Gasteiger partial charge >= 0.3 is 6.09 Å². The molecule has 4 nitrogen and oxygen atoms in total. The summed E-state index contributed by atoms with van der Waals surface area (Å²) in [5.41, 5.74) is 6.64. The van der Waals surface area contributed by atoms with E-state index < -0.39 is 5.60 Å². The van der Waals surface area contributed by atoms with Crippen LogP contribution < -0.4 is 5.73 Å². The fraction of sp³-hybridized carbons (Fsp3) is 0.611. The number of carbonyl (C=O) groups is 1. The summed E-state index contributed by atoms with van der Waals surface area (Å²) in [6, 6.07) is 10.5. The van der Waals surface area contributed by atoms with Crippen LogP contribution in [0, 0.1) is 5.92 Å². The Kier molecular flexibility index (Phi) is 5.46. The van der Waals surface area contributed by atoms with Gasteiger partial charge in [-0.3, -0.25) is 0 Å². The van der Waals surface area contributed by atoms with Crippen LogP contribution in [0.3, 0.4) is 0 Å². The molecule has 1 heterocycles. The van der Waals surface area contributed by atoms with Gasteiger partial charge in [-0.2, -0.15) is 0 Å². The molecule has 122 valence electrons. The van der Waals surface area contributed by atoms with Crippen molar-refractivity contribution >= 4 is 6.09 Å². The van der Waals surface area contributed by atoms with Crippen molar-refractivity contribution in [2.45, 2.75) is 51.7 Å². The maximum absolute atomic E-state index is 12.5. The number of nitrogens with two attached hydrogens (primary N) is 1. The van der Waals surface area contributed by atoms with Crippen LogP contribution in [0.2, 0.25) is 0 Å². The van der Waals surface area contributed by atoms with E-state index in [0.717, 1.165) is 25.8 Å². The first-order valence-electron chi connectivity index (χ1n) is 8.12. The van der Waals surface area contributed by atoms with E-state index in [4.69, 9.17) is 10.5 Å². The second-order valence-electron chi connectivity index (χ2n) is 7.14. The van der Waals surface area contributed by atoms with Crippen LogP contribution in [0.15, 0.2) is 30.3 Å². The molecule has 2 N–H and O–H groups in total. The lowest BCUT2D eigenvalue weighted by molar-refractivity contribution is 0.00513. The lowest BCUT2D eigenvalue weighted by Crippen LogP contribution is -2.49. The fourth-order valence-corrected chi connectivity index (χ4v) is 2.99. The zero-order valence-electron chi connectivity index (χ0n) is 13.9. The molecule has 1 fully saturated rings. The second-order valence-corrected chi connectivity index (χ2v) is 7.14.